The van der Waals surface area contributed by atoms with Crippen molar-refractivity contribution in [1.82, 2.24) is 4.98 Å². The summed E-state index contributed by atoms with van der Waals surface area (Å²) in [5.41, 5.74) is 7.63. The molecule has 0 fully saturated rings. The van der Waals surface area contributed by atoms with Crippen molar-refractivity contribution in [2.45, 2.75) is 0 Å². The van der Waals surface area contributed by atoms with E-state index in [1.165, 1.54) is 0 Å². The number of nitrogen functional groups attached to an aromatic ring is 1. The third-order valence-corrected chi connectivity index (χ3v) is 1.31. The summed E-state index contributed by atoms with van der Waals surface area (Å²) < 4.78 is 4.88. The number of fused-ring (bicyclic) bond motifs is 1. The summed E-state index contributed by atoms with van der Waals surface area (Å²) in [6.07, 6.45) is 2.38. The molecule has 0 bridgehead atoms. The van der Waals surface area contributed by atoms with Crippen molar-refractivity contribution >= 4 is 16.8 Å². The average Bonchev–Trinajstić information content (AvgIpc) is 2.33. The second kappa shape index (κ2) is 1.73. The lowest BCUT2D eigenvalue weighted by atomic mass is 10.3. The zero-order chi connectivity index (χ0) is 6.97. The molecule has 0 aliphatic rings. The smallest absolute Gasteiger partial charge is 0.284 e. The Kier molecular flexibility index (Phi) is 0.917. The Balaban J connectivity index is 2.86. The predicted molar refractivity (Wildman–Crippen MR) is 37.3 cm³/mol. The van der Waals surface area contributed by atoms with E-state index >= 15 is 0 Å². The van der Waals surface area contributed by atoms with Gasteiger partial charge in [0.1, 0.15) is 5.52 Å². The molecule has 3 heteroatoms. The van der Waals surface area contributed by atoms with Gasteiger partial charge in [-0.2, -0.15) is 0 Å². The monoisotopic (exact) mass is 133 g/mol. The summed E-state index contributed by atoms with van der Waals surface area (Å²) in [6.45, 7) is 0. The van der Waals surface area contributed by atoms with Gasteiger partial charge in [0, 0.05) is 11.8 Å². The quantitative estimate of drug-likeness (QED) is 0.549. The highest BCUT2D eigenvalue weighted by Crippen LogP contribution is 2.14. The minimum Gasteiger partial charge on any atom is -0.432 e. The van der Waals surface area contributed by atoms with Crippen LogP contribution in [0.5, 0.6) is 0 Å². The molecule has 1 radical (unpaired) electrons. The van der Waals surface area contributed by atoms with Gasteiger partial charge in [-0.25, -0.2) is 4.98 Å². The summed E-state index contributed by atoms with van der Waals surface area (Å²) in [7, 11) is 0. The van der Waals surface area contributed by atoms with Crippen molar-refractivity contribution in [2.24, 2.45) is 0 Å². The molecule has 2 rings (SSSR count). The number of hydrogen-bond acceptors (Lipinski definition) is 3. The molecule has 0 atom stereocenters. The first-order chi connectivity index (χ1) is 4.86. The van der Waals surface area contributed by atoms with Gasteiger partial charge in [-0.15, -0.1) is 0 Å². The van der Waals surface area contributed by atoms with Gasteiger partial charge < -0.3 is 10.2 Å². The molecule has 0 aliphatic heterocycles. The van der Waals surface area contributed by atoms with E-state index in [9.17, 15) is 0 Å². The summed E-state index contributed by atoms with van der Waals surface area (Å²) in [6, 6.07) is 5.29. The van der Waals surface area contributed by atoms with Crippen molar-refractivity contribution < 1.29 is 4.42 Å². The topological polar surface area (TPSA) is 52.0 Å². The zero-order valence-corrected chi connectivity index (χ0v) is 5.16. The molecule has 1 aromatic carbocycles. The number of nitrogens with zero attached hydrogens (tertiary/aromatic N) is 1. The molecule has 0 aliphatic carbocycles. The van der Waals surface area contributed by atoms with Crippen molar-refractivity contribution in [1.29, 1.82) is 0 Å². The first kappa shape index (κ1) is 5.29. The van der Waals surface area contributed by atoms with Crippen LogP contribution in [0.15, 0.2) is 22.6 Å². The first-order valence-electron chi connectivity index (χ1n) is 2.88. The highest BCUT2D eigenvalue weighted by molar-refractivity contribution is 5.75. The van der Waals surface area contributed by atoms with E-state index in [1.54, 1.807) is 18.2 Å². The number of nitrogens with two attached hydrogens (primary N) is 1. The van der Waals surface area contributed by atoms with Crippen LogP contribution >= 0.6 is 0 Å². The third kappa shape index (κ3) is 0.639. The summed E-state index contributed by atoms with van der Waals surface area (Å²) in [5.74, 6) is 0. The van der Waals surface area contributed by atoms with Crippen LogP contribution < -0.4 is 5.73 Å². The fraction of sp³-hybridized carbons (Fsp3) is 0. The van der Waals surface area contributed by atoms with E-state index in [4.69, 9.17) is 10.2 Å². The van der Waals surface area contributed by atoms with E-state index in [0.717, 1.165) is 5.52 Å². The number of benzene rings is 1. The lowest BCUT2D eigenvalue weighted by molar-refractivity contribution is 0.591. The fourth-order valence-electron chi connectivity index (χ4n) is 0.826. The molecule has 1 aromatic heterocycles. The van der Waals surface area contributed by atoms with Gasteiger partial charge in [-0.1, -0.05) is 0 Å². The fourth-order valence-corrected chi connectivity index (χ4v) is 0.826. The highest BCUT2D eigenvalue weighted by atomic mass is 16.3. The Hall–Kier alpha value is -1.51. The lowest BCUT2D eigenvalue weighted by Gasteiger charge is -1.88. The van der Waals surface area contributed by atoms with Gasteiger partial charge >= 0.3 is 0 Å². The Morgan fingerprint density at radius 1 is 1.50 bits per heavy atom. The summed E-state index contributed by atoms with van der Waals surface area (Å²) >= 11 is 0. The number of rotatable bonds is 0. The lowest BCUT2D eigenvalue weighted by Crippen LogP contribution is -1.81. The Bertz CT molecular complexity index is 353. The van der Waals surface area contributed by atoms with E-state index in [2.05, 4.69) is 11.4 Å². The second-order valence-electron chi connectivity index (χ2n) is 2.03. The molecule has 0 amide bonds. The standard InChI is InChI=1S/C7H5N2O/c8-5-1-2-6-7(3-5)10-4-9-6/h1-3H,8H2. The van der Waals surface area contributed by atoms with Crippen LogP contribution in [0.2, 0.25) is 0 Å². The molecule has 0 unspecified atom stereocenters. The first-order valence-corrected chi connectivity index (χ1v) is 2.88. The van der Waals surface area contributed by atoms with Crippen LogP contribution in [0.25, 0.3) is 11.1 Å². The van der Waals surface area contributed by atoms with E-state index in [0.29, 0.717) is 11.3 Å². The van der Waals surface area contributed by atoms with Crippen molar-refractivity contribution in [2.75, 3.05) is 5.73 Å². The Morgan fingerprint density at radius 2 is 2.40 bits per heavy atom. The molecule has 0 spiro atoms. The molecule has 0 saturated carbocycles. The van der Waals surface area contributed by atoms with Crippen molar-refractivity contribution in [3.63, 3.8) is 0 Å². The summed E-state index contributed by atoms with van der Waals surface area (Å²) in [4.78, 5) is 3.81. The number of aromatic nitrogens is 1. The molecule has 1 heterocycles. The Labute approximate surface area is 57.5 Å². The molecule has 0 saturated heterocycles. The normalized spacial score (nSPS) is 10.4. The summed E-state index contributed by atoms with van der Waals surface area (Å²) in [5, 5.41) is 0. The molecule has 3 nitrogen and oxygen atoms in total. The number of hydrogen-bond donors (Lipinski definition) is 1. The zero-order valence-electron chi connectivity index (χ0n) is 5.16. The number of anilines is 1. The van der Waals surface area contributed by atoms with Crippen LogP contribution in [-0.2, 0) is 0 Å². The van der Waals surface area contributed by atoms with Crippen LogP contribution in [0.4, 0.5) is 5.69 Å². The van der Waals surface area contributed by atoms with Crippen LogP contribution in [0.3, 0.4) is 0 Å². The van der Waals surface area contributed by atoms with Crippen LogP contribution in [-0.4, -0.2) is 4.98 Å². The van der Waals surface area contributed by atoms with E-state index in [-0.39, 0.29) is 0 Å². The molecule has 49 valence electrons. The van der Waals surface area contributed by atoms with Gasteiger partial charge in [0.25, 0.3) is 6.39 Å². The van der Waals surface area contributed by atoms with Gasteiger partial charge in [0.05, 0.1) is 0 Å². The van der Waals surface area contributed by atoms with Crippen LogP contribution in [0, 0.1) is 6.39 Å². The predicted octanol–water partition coefficient (Wildman–Crippen LogP) is 1.21. The SMILES string of the molecule is Nc1ccc2n[c]oc2c1. The van der Waals surface area contributed by atoms with Crippen molar-refractivity contribution in [3.8, 4) is 0 Å². The average molecular weight is 133 g/mol. The van der Waals surface area contributed by atoms with Crippen LogP contribution in [0.1, 0.15) is 0 Å². The van der Waals surface area contributed by atoms with E-state index in [1.807, 2.05) is 0 Å². The van der Waals surface area contributed by atoms with E-state index < -0.39 is 0 Å². The molecular weight excluding hydrogens is 128 g/mol. The van der Waals surface area contributed by atoms with Gasteiger partial charge in [0.15, 0.2) is 5.58 Å². The minimum atomic E-state index is 0.678. The molecule has 10 heavy (non-hydrogen) atoms. The van der Waals surface area contributed by atoms with Gasteiger partial charge in [-0.05, 0) is 12.1 Å². The molecular formula is C7H5N2O. The molecule has 2 aromatic rings. The maximum atomic E-state index is 5.48. The minimum absolute atomic E-state index is 0.678. The molecule has 2 N–H and O–H groups in total. The maximum absolute atomic E-state index is 5.48. The van der Waals surface area contributed by atoms with Gasteiger partial charge in [-0.3, -0.25) is 0 Å². The highest BCUT2D eigenvalue weighted by Gasteiger charge is 1.96. The third-order valence-electron chi connectivity index (χ3n) is 1.31. The number of oxazole rings is 1. The van der Waals surface area contributed by atoms with Crippen molar-refractivity contribution in [3.05, 3.63) is 24.6 Å². The second-order valence-corrected chi connectivity index (χ2v) is 2.03. The largest absolute Gasteiger partial charge is 0.432 e. The van der Waals surface area contributed by atoms with Gasteiger partial charge in [0.2, 0.25) is 0 Å². The Morgan fingerprint density at radius 3 is 3.30 bits per heavy atom. The maximum Gasteiger partial charge on any atom is 0.284 e.